The lowest BCUT2D eigenvalue weighted by Crippen LogP contribution is -2.42. The number of methoxy groups -OCH3 is 1. The standard InChI is InChI=1S/C14H20FNO2/c1-17-7-5-14-11-16(6-8-18-14)10-12-3-2-4-13(15)9-12/h2-4,9,14H,5-8,10-11H2,1H3. The summed E-state index contributed by atoms with van der Waals surface area (Å²) in [6, 6.07) is 6.79. The van der Waals surface area contributed by atoms with Crippen LogP contribution >= 0.6 is 0 Å². The molecule has 18 heavy (non-hydrogen) atoms. The molecule has 1 aliphatic heterocycles. The van der Waals surface area contributed by atoms with Crippen molar-refractivity contribution in [3.8, 4) is 0 Å². The third-order valence-corrected chi connectivity index (χ3v) is 3.16. The van der Waals surface area contributed by atoms with Gasteiger partial charge in [-0.3, -0.25) is 4.90 Å². The molecule has 4 heteroatoms. The number of benzene rings is 1. The molecule has 0 amide bonds. The topological polar surface area (TPSA) is 21.7 Å². The fourth-order valence-corrected chi connectivity index (χ4v) is 2.24. The molecule has 2 rings (SSSR count). The average Bonchev–Trinajstić information content (AvgIpc) is 2.37. The van der Waals surface area contributed by atoms with Crippen LogP contribution in [0.1, 0.15) is 12.0 Å². The fourth-order valence-electron chi connectivity index (χ4n) is 2.24. The highest BCUT2D eigenvalue weighted by atomic mass is 19.1. The normalized spacial score (nSPS) is 21.1. The van der Waals surface area contributed by atoms with E-state index in [0.29, 0.717) is 0 Å². The quantitative estimate of drug-likeness (QED) is 0.802. The summed E-state index contributed by atoms with van der Waals surface area (Å²) in [4.78, 5) is 2.30. The van der Waals surface area contributed by atoms with Crippen molar-refractivity contribution in [1.82, 2.24) is 4.90 Å². The molecule has 1 atom stereocenters. The minimum Gasteiger partial charge on any atom is -0.385 e. The van der Waals surface area contributed by atoms with Crippen molar-refractivity contribution in [2.75, 3.05) is 33.4 Å². The summed E-state index contributed by atoms with van der Waals surface area (Å²) in [7, 11) is 1.70. The summed E-state index contributed by atoms with van der Waals surface area (Å²) in [6.07, 6.45) is 1.14. The van der Waals surface area contributed by atoms with Crippen LogP contribution in [0.3, 0.4) is 0 Å². The number of rotatable bonds is 5. The van der Waals surface area contributed by atoms with E-state index in [1.807, 2.05) is 6.07 Å². The first-order valence-corrected chi connectivity index (χ1v) is 6.35. The van der Waals surface area contributed by atoms with E-state index in [9.17, 15) is 4.39 Å². The molecular formula is C14H20FNO2. The monoisotopic (exact) mass is 253 g/mol. The van der Waals surface area contributed by atoms with Crippen LogP contribution in [0.15, 0.2) is 24.3 Å². The van der Waals surface area contributed by atoms with E-state index in [1.54, 1.807) is 19.2 Å². The first kappa shape index (κ1) is 13.5. The highest BCUT2D eigenvalue weighted by Gasteiger charge is 2.20. The van der Waals surface area contributed by atoms with Crippen LogP contribution < -0.4 is 0 Å². The first-order valence-electron chi connectivity index (χ1n) is 6.35. The lowest BCUT2D eigenvalue weighted by molar-refractivity contribution is -0.0432. The Morgan fingerprint density at radius 2 is 2.39 bits per heavy atom. The van der Waals surface area contributed by atoms with Gasteiger partial charge in [-0.05, 0) is 24.1 Å². The van der Waals surface area contributed by atoms with E-state index in [-0.39, 0.29) is 11.9 Å². The van der Waals surface area contributed by atoms with Crippen LogP contribution in [0.2, 0.25) is 0 Å². The molecule has 0 bridgehead atoms. The molecule has 0 spiro atoms. The van der Waals surface area contributed by atoms with E-state index in [1.165, 1.54) is 6.07 Å². The van der Waals surface area contributed by atoms with Crippen molar-refractivity contribution in [1.29, 1.82) is 0 Å². The van der Waals surface area contributed by atoms with E-state index >= 15 is 0 Å². The maximum atomic E-state index is 13.1. The van der Waals surface area contributed by atoms with Gasteiger partial charge >= 0.3 is 0 Å². The maximum absolute atomic E-state index is 13.1. The van der Waals surface area contributed by atoms with Crippen molar-refractivity contribution in [2.24, 2.45) is 0 Å². The van der Waals surface area contributed by atoms with E-state index in [4.69, 9.17) is 9.47 Å². The SMILES string of the molecule is COCCC1CN(Cc2cccc(F)c2)CCO1. The molecule has 1 aromatic rings. The highest BCUT2D eigenvalue weighted by molar-refractivity contribution is 5.16. The van der Waals surface area contributed by atoms with E-state index < -0.39 is 0 Å². The molecule has 1 fully saturated rings. The van der Waals surface area contributed by atoms with Crippen LogP contribution in [-0.2, 0) is 16.0 Å². The second kappa shape index (κ2) is 6.83. The second-order valence-electron chi connectivity index (χ2n) is 4.64. The number of morpholine rings is 1. The largest absolute Gasteiger partial charge is 0.385 e. The van der Waals surface area contributed by atoms with Gasteiger partial charge in [0.15, 0.2) is 0 Å². The molecule has 0 aromatic heterocycles. The van der Waals surface area contributed by atoms with Gasteiger partial charge in [0.1, 0.15) is 5.82 Å². The number of halogens is 1. The molecule has 1 saturated heterocycles. The Morgan fingerprint density at radius 3 is 3.17 bits per heavy atom. The lowest BCUT2D eigenvalue weighted by atomic mass is 10.1. The minimum absolute atomic E-state index is 0.170. The number of nitrogens with zero attached hydrogens (tertiary/aromatic N) is 1. The van der Waals surface area contributed by atoms with Crippen LogP contribution in [-0.4, -0.2) is 44.4 Å². The molecule has 100 valence electrons. The van der Waals surface area contributed by atoms with E-state index in [2.05, 4.69) is 4.90 Å². The minimum atomic E-state index is -0.170. The molecule has 0 N–H and O–H groups in total. The van der Waals surface area contributed by atoms with Gasteiger partial charge < -0.3 is 9.47 Å². The zero-order valence-corrected chi connectivity index (χ0v) is 10.8. The van der Waals surface area contributed by atoms with Gasteiger partial charge in [0.2, 0.25) is 0 Å². The van der Waals surface area contributed by atoms with Crippen molar-refractivity contribution in [3.05, 3.63) is 35.6 Å². The van der Waals surface area contributed by atoms with Crippen molar-refractivity contribution < 1.29 is 13.9 Å². The molecule has 1 aliphatic rings. The zero-order chi connectivity index (χ0) is 12.8. The first-order chi connectivity index (χ1) is 8.78. The Bertz CT molecular complexity index is 373. The maximum Gasteiger partial charge on any atom is 0.123 e. The Balaban J connectivity index is 1.85. The van der Waals surface area contributed by atoms with Crippen molar-refractivity contribution >= 4 is 0 Å². The van der Waals surface area contributed by atoms with Gasteiger partial charge in [0.05, 0.1) is 12.7 Å². The van der Waals surface area contributed by atoms with Gasteiger partial charge in [-0.2, -0.15) is 0 Å². The molecule has 1 aromatic carbocycles. The van der Waals surface area contributed by atoms with Crippen molar-refractivity contribution in [2.45, 2.75) is 19.1 Å². The molecule has 0 radical (unpaired) electrons. The van der Waals surface area contributed by atoms with Crippen LogP contribution in [0.25, 0.3) is 0 Å². The van der Waals surface area contributed by atoms with Gasteiger partial charge in [0.25, 0.3) is 0 Å². The predicted octanol–water partition coefficient (Wildman–Crippen LogP) is 2.06. The summed E-state index contributed by atoms with van der Waals surface area (Å²) in [5, 5.41) is 0. The molecule has 3 nitrogen and oxygen atoms in total. The van der Waals surface area contributed by atoms with E-state index in [0.717, 1.165) is 44.8 Å². The molecule has 0 aliphatic carbocycles. The number of ether oxygens (including phenoxy) is 2. The van der Waals surface area contributed by atoms with Crippen LogP contribution in [0.5, 0.6) is 0 Å². The van der Waals surface area contributed by atoms with Gasteiger partial charge in [-0.1, -0.05) is 12.1 Å². The molecule has 1 heterocycles. The third-order valence-electron chi connectivity index (χ3n) is 3.16. The van der Waals surface area contributed by atoms with Gasteiger partial charge in [-0.25, -0.2) is 4.39 Å². The van der Waals surface area contributed by atoms with Gasteiger partial charge in [0, 0.05) is 33.4 Å². The number of hydrogen-bond donors (Lipinski definition) is 0. The summed E-state index contributed by atoms with van der Waals surface area (Å²) < 4.78 is 23.8. The molecule has 0 saturated carbocycles. The lowest BCUT2D eigenvalue weighted by Gasteiger charge is -2.32. The molecular weight excluding hydrogens is 233 g/mol. The van der Waals surface area contributed by atoms with Crippen molar-refractivity contribution in [3.63, 3.8) is 0 Å². The average molecular weight is 253 g/mol. The van der Waals surface area contributed by atoms with Gasteiger partial charge in [-0.15, -0.1) is 0 Å². The third kappa shape index (κ3) is 4.05. The Labute approximate surface area is 107 Å². The van der Waals surface area contributed by atoms with Crippen LogP contribution in [0.4, 0.5) is 4.39 Å². The zero-order valence-electron chi connectivity index (χ0n) is 10.8. The summed E-state index contributed by atoms with van der Waals surface area (Å²) in [5.74, 6) is -0.170. The second-order valence-corrected chi connectivity index (χ2v) is 4.64. The summed E-state index contributed by atoms with van der Waals surface area (Å²) in [5.41, 5.74) is 1.02. The predicted molar refractivity (Wildman–Crippen MR) is 67.9 cm³/mol. The Morgan fingerprint density at radius 1 is 1.50 bits per heavy atom. The Kier molecular flexibility index (Phi) is 5.11. The fraction of sp³-hybridized carbons (Fsp3) is 0.571. The highest BCUT2D eigenvalue weighted by Crippen LogP contribution is 2.13. The summed E-state index contributed by atoms with van der Waals surface area (Å²) >= 11 is 0. The molecule has 1 unspecified atom stereocenters. The number of hydrogen-bond acceptors (Lipinski definition) is 3. The Hall–Kier alpha value is -0.970. The van der Waals surface area contributed by atoms with Crippen LogP contribution in [0, 0.1) is 5.82 Å². The smallest absolute Gasteiger partial charge is 0.123 e. The summed E-state index contributed by atoms with van der Waals surface area (Å²) in [6.45, 7) is 4.03.